The lowest BCUT2D eigenvalue weighted by molar-refractivity contribution is 0.0957. The Bertz CT molecular complexity index is 749. The van der Waals surface area contributed by atoms with E-state index in [0.717, 1.165) is 55.9 Å². The summed E-state index contributed by atoms with van der Waals surface area (Å²) in [6, 6.07) is 5.55. The van der Waals surface area contributed by atoms with Crippen LogP contribution in [0.15, 0.2) is 41.0 Å². The third-order valence-corrected chi connectivity index (χ3v) is 5.24. The largest absolute Gasteiger partial charge is 0.357 e. The average molecular weight is 529 g/mol. The highest BCUT2D eigenvalue weighted by atomic mass is 127. The van der Waals surface area contributed by atoms with E-state index >= 15 is 0 Å². The van der Waals surface area contributed by atoms with Crippen LogP contribution in [-0.2, 0) is 0 Å². The lowest BCUT2D eigenvalue weighted by Crippen LogP contribution is -2.53. The average Bonchev–Trinajstić information content (AvgIpc) is 3.28. The smallest absolute Gasteiger partial charge is 0.261 e. The van der Waals surface area contributed by atoms with E-state index in [1.807, 2.05) is 23.6 Å². The molecule has 3 heterocycles. The molecule has 2 aromatic rings. The number of aliphatic imine (C=N–C) groups is 1. The number of halogens is 1. The molecule has 1 saturated heterocycles. The molecule has 0 spiro atoms. The van der Waals surface area contributed by atoms with Gasteiger partial charge in [-0.15, -0.1) is 35.3 Å². The minimum Gasteiger partial charge on any atom is -0.357 e. The molecule has 0 radical (unpaired) electrons. The topological polar surface area (TPSA) is 85.8 Å². The van der Waals surface area contributed by atoms with Gasteiger partial charge < -0.3 is 20.4 Å². The van der Waals surface area contributed by atoms with E-state index in [1.165, 1.54) is 11.3 Å². The van der Waals surface area contributed by atoms with Crippen LogP contribution in [-0.4, -0.2) is 72.5 Å². The van der Waals surface area contributed by atoms with E-state index < -0.39 is 0 Å². The molecule has 0 unspecified atom stereocenters. The molecule has 158 valence electrons. The Balaban J connectivity index is 0.00000300. The van der Waals surface area contributed by atoms with Gasteiger partial charge in [-0.1, -0.05) is 6.07 Å². The molecule has 0 bridgehead atoms. The number of nitrogens with one attached hydrogen (secondary N) is 2. The minimum atomic E-state index is -0.00913. The lowest BCUT2D eigenvalue weighted by Gasteiger charge is -2.36. The maximum Gasteiger partial charge on any atom is 0.261 e. The van der Waals surface area contributed by atoms with Gasteiger partial charge in [0.1, 0.15) is 0 Å². The lowest BCUT2D eigenvalue weighted by atomic mass is 10.3. The number of hydrogen-bond acceptors (Lipinski definition) is 6. The molecular formula is C19H28IN7OS. The van der Waals surface area contributed by atoms with E-state index in [0.29, 0.717) is 13.1 Å². The van der Waals surface area contributed by atoms with Gasteiger partial charge in [0.15, 0.2) is 5.96 Å². The fourth-order valence-corrected chi connectivity index (χ4v) is 3.60. The van der Waals surface area contributed by atoms with Crippen molar-refractivity contribution in [3.63, 3.8) is 0 Å². The summed E-state index contributed by atoms with van der Waals surface area (Å²) in [6.45, 7) is 7.68. The summed E-state index contributed by atoms with van der Waals surface area (Å²) in [7, 11) is 0. The summed E-state index contributed by atoms with van der Waals surface area (Å²) < 4.78 is 0. The number of aromatic nitrogens is 2. The number of rotatable bonds is 7. The minimum absolute atomic E-state index is 0. The highest BCUT2D eigenvalue weighted by Crippen LogP contribution is 2.10. The van der Waals surface area contributed by atoms with E-state index in [-0.39, 0.29) is 29.9 Å². The summed E-state index contributed by atoms with van der Waals surface area (Å²) in [5.41, 5.74) is 0. The molecule has 3 rings (SSSR count). The molecule has 10 heteroatoms. The summed E-state index contributed by atoms with van der Waals surface area (Å²) in [5, 5.41) is 8.22. The van der Waals surface area contributed by atoms with Gasteiger partial charge in [0.25, 0.3) is 5.91 Å². The standard InChI is InChI=1S/C19H27N7OS.HI/c1-2-20-18(22-8-4-7-21-17(27)16-6-3-15-28-16)25-11-13-26(14-12-25)19-23-9-5-10-24-19;/h3,5-6,9-10,15H,2,4,7-8,11-14H2,1H3,(H,20,22)(H,21,27);1H. The van der Waals surface area contributed by atoms with Crippen molar-refractivity contribution in [2.45, 2.75) is 13.3 Å². The molecule has 0 aromatic carbocycles. The first kappa shape index (κ1) is 23.3. The van der Waals surface area contributed by atoms with Crippen LogP contribution >= 0.6 is 35.3 Å². The second-order valence-corrected chi connectivity index (χ2v) is 7.29. The van der Waals surface area contributed by atoms with Crippen LogP contribution in [0.25, 0.3) is 0 Å². The zero-order valence-electron chi connectivity index (χ0n) is 16.6. The highest BCUT2D eigenvalue weighted by Gasteiger charge is 2.20. The van der Waals surface area contributed by atoms with Gasteiger partial charge in [-0.25, -0.2) is 9.97 Å². The van der Waals surface area contributed by atoms with Crippen LogP contribution in [0.2, 0.25) is 0 Å². The maximum atomic E-state index is 11.9. The van der Waals surface area contributed by atoms with Gasteiger partial charge in [-0.2, -0.15) is 0 Å². The fraction of sp³-hybridized carbons (Fsp3) is 0.474. The maximum absolute atomic E-state index is 11.9. The predicted octanol–water partition coefficient (Wildman–Crippen LogP) is 2.06. The van der Waals surface area contributed by atoms with Crippen molar-refractivity contribution in [2.75, 3.05) is 50.7 Å². The molecule has 1 aliphatic heterocycles. The molecule has 8 nitrogen and oxygen atoms in total. The zero-order valence-corrected chi connectivity index (χ0v) is 19.7. The van der Waals surface area contributed by atoms with Gasteiger partial charge in [0, 0.05) is 58.2 Å². The highest BCUT2D eigenvalue weighted by molar-refractivity contribution is 14.0. The van der Waals surface area contributed by atoms with Gasteiger partial charge in [-0.05, 0) is 30.9 Å². The number of thiophene rings is 1. The number of carbonyl (C=O) groups is 1. The first-order valence-electron chi connectivity index (χ1n) is 9.65. The summed E-state index contributed by atoms with van der Waals surface area (Å²) >= 11 is 1.45. The van der Waals surface area contributed by atoms with E-state index in [1.54, 1.807) is 12.4 Å². The van der Waals surface area contributed by atoms with Crippen molar-refractivity contribution < 1.29 is 4.79 Å². The number of hydrogen-bond donors (Lipinski definition) is 2. The molecule has 0 atom stereocenters. The van der Waals surface area contributed by atoms with Gasteiger partial charge in [-0.3, -0.25) is 9.79 Å². The monoisotopic (exact) mass is 529 g/mol. The fourth-order valence-electron chi connectivity index (χ4n) is 2.96. The number of piperazine rings is 1. The van der Waals surface area contributed by atoms with Gasteiger partial charge >= 0.3 is 0 Å². The number of anilines is 1. The Labute approximate surface area is 192 Å². The zero-order chi connectivity index (χ0) is 19.6. The van der Waals surface area contributed by atoms with Crippen LogP contribution in [0.3, 0.4) is 0 Å². The van der Waals surface area contributed by atoms with Crippen LogP contribution in [0.4, 0.5) is 5.95 Å². The Morgan fingerprint density at radius 1 is 1.17 bits per heavy atom. The molecule has 0 aliphatic carbocycles. The van der Waals surface area contributed by atoms with Crippen molar-refractivity contribution in [3.8, 4) is 0 Å². The van der Waals surface area contributed by atoms with Crippen LogP contribution < -0.4 is 15.5 Å². The summed E-state index contributed by atoms with van der Waals surface area (Å²) in [5.74, 6) is 1.71. The first-order chi connectivity index (χ1) is 13.8. The van der Waals surface area contributed by atoms with E-state index in [9.17, 15) is 4.79 Å². The molecule has 2 N–H and O–H groups in total. The van der Waals surface area contributed by atoms with Crippen molar-refractivity contribution in [1.29, 1.82) is 0 Å². The Hall–Kier alpha value is -1.95. The quantitative estimate of drug-likeness (QED) is 0.247. The third kappa shape index (κ3) is 7.11. The van der Waals surface area contributed by atoms with E-state index in [4.69, 9.17) is 4.99 Å². The second-order valence-electron chi connectivity index (χ2n) is 6.35. The van der Waals surface area contributed by atoms with Crippen molar-refractivity contribution in [2.24, 2.45) is 4.99 Å². The summed E-state index contributed by atoms with van der Waals surface area (Å²) in [4.78, 5) is 30.5. The van der Waals surface area contributed by atoms with Crippen molar-refractivity contribution in [1.82, 2.24) is 25.5 Å². The number of guanidine groups is 1. The molecular weight excluding hydrogens is 501 g/mol. The van der Waals surface area contributed by atoms with Crippen LogP contribution in [0.5, 0.6) is 0 Å². The number of amides is 1. The predicted molar refractivity (Wildman–Crippen MR) is 128 cm³/mol. The Morgan fingerprint density at radius 2 is 1.93 bits per heavy atom. The van der Waals surface area contributed by atoms with E-state index in [2.05, 4.69) is 37.3 Å². The normalized spacial score (nSPS) is 14.3. The molecule has 0 saturated carbocycles. The molecule has 1 amide bonds. The third-order valence-electron chi connectivity index (χ3n) is 4.38. The van der Waals surface area contributed by atoms with Gasteiger partial charge in [0.05, 0.1) is 4.88 Å². The first-order valence-corrected chi connectivity index (χ1v) is 10.5. The second kappa shape index (κ2) is 12.6. The Morgan fingerprint density at radius 3 is 2.59 bits per heavy atom. The molecule has 1 aliphatic rings. The summed E-state index contributed by atoms with van der Waals surface area (Å²) in [6.07, 6.45) is 4.36. The number of carbonyl (C=O) groups excluding carboxylic acids is 1. The Kier molecular flexibility index (Phi) is 10.1. The van der Waals surface area contributed by atoms with Crippen LogP contribution in [0.1, 0.15) is 23.0 Å². The molecule has 29 heavy (non-hydrogen) atoms. The van der Waals surface area contributed by atoms with Gasteiger partial charge in [0.2, 0.25) is 5.95 Å². The number of nitrogens with zero attached hydrogens (tertiary/aromatic N) is 5. The molecule has 1 fully saturated rings. The molecule has 2 aromatic heterocycles. The SMILES string of the molecule is CCNC(=NCCCNC(=O)c1cccs1)N1CCN(c2ncccn2)CC1.I. The van der Waals surface area contributed by atoms with Crippen LogP contribution in [0, 0.1) is 0 Å². The van der Waals surface area contributed by atoms with Crippen molar-refractivity contribution >= 4 is 53.1 Å². The van der Waals surface area contributed by atoms with Crippen molar-refractivity contribution in [3.05, 3.63) is 40.8 Å².